The largest absolute Gasteiger partial charge is 0.476 e. The van der Waals surface area contributed by atoms with Crippen LogP contribution in [0.5, 0.6) is 0 Å². The first-order valence-electron chi connectivity index (χ1n) is 3.71. The second kappa shape index (κ2) is 2.91. The number of hydrogen-bond acceptors (Lipinski definition) is 4. The Morgan fingerprint density at radius 2 is 2.14 bits per heavy atom. The van der Waals surface area contributed by atoms with Crippen LogP contribution in [0.1, 0.15) is 16.2 Å². The molecule has 0 radical (unpaired) electrons. The van der Waals surface area contributed by atoms with Crippen molar-refractivity contribution >= 4 is 28.6 Å². The van der Waals surface area contributed by atoms with E-state index in [1.54, 1.807) is 6.92 Å². The van der Waals surface area contributed by atoms with Crippen LogP contribution in [0.4, 0.5) is 0 Å². The molecule has 0 amide bonds. The van der Waals surface area contributed by atoms with E-state index in [4.69, 9.17) is 16.7 Å². The molecule has 2 heterocycles. The molecular weight excluding hydrogens is 208 g/mol. The average molecular weight is 213 g/mol. The predicted molar refractivity (Wildman–Crippen MR) is 48.4 cm³/mol. The van der Waals surface area contributed by atoms with Gasteiger partial charge in [0.1, 0.15) is 11.0 Å². The normalized spacial score (nSPS) is 10.7. The van der Waals surface area contributed by atoms with Crippen molar-refractivity contribution in [2.75, 3.05) is 0 Å². The number of aromatic amines is 1. The van der Waals surface area contributed by atoms with E-state index >= 15 is 0 Å². The molecule has 0 fully saturated rings. The lowest BCUT2D eigenvalue weighted by molar-refractivity contribution is 0.0692. The highest BCUT2D eigenvalue weighted by Crippen LogP contribution is 2.17. The topological polar surface area (TPSA) is 91.8 Å². The van der Waals surface area contributed by atoms with Crippen molar-refractivity contribution in [3.63, 3.8) is 0 Å². The summed E-state index contributed by atoms with van der Waals surface area (Å²) in [6, 6.07) is 0. The Morgan fingerprint density at radius 1 is 1.43 bits per heavy atom. The van der Waals surface area contributed by atoms with Crippen molar-refractivity contribution in [3.05, 3.63) is 16.7 Å². The highest BCUT2D eigenvalue weighted by atomic mass is 35.5. The first kappa shape index (κ1) is 8.89. The Balaban J connectivity index is 2.85. The van der Waals surface area contributed by atoms with Gasteiger partial charge >= 0.3 is 5.97 Å². The summed E-state index contributed by atoms with van der Waals surface area (Å²) in [6.45, 7) is 1.68. The van der Waals surface area contributed by atoms with Gasteiger partial charge in [0.25, 0.3) is 0 Å². The van der Waals surface area contributed by atoms with Crippen LogP contribution >= 0.6 is 11.6 Å². The minimum absolute atomic E-state index is 0.0129. The molecule has 0 unspecified atom stereocenters. The Bertz CT molecular complexity index is 522. The van der Waals surface area contributed by atoms with Gasteiger partial charge in [-0.15, -0.1) is 0 Å². The minimum Gasteiger partial charge on any atom is -0.476 e. The van der Waals surface area contributed by atoms with Crippen molar-refractivity contribution in [2.24, 2.45) is 0 Å². The van der Waals surface area contributed by atoms with Crippen molar-refractivity contribution in [1.82, 2.24) is 20.2 Å². The lowest BCUT2D eigenvalue weighted by Gasteiger charge is -1.94. The summed E-state index contributed by atoms with van der Waals surface area (Å²) < 4.78 is 0. The van der Waals surface area contributed by atoms with Crippen molar-refractivity contribution in [1.29, 1.82) is 0 Å². The first-order chi connectivity index (χ1) is 6.59. The summed E-state index contributed by atoms with van der Waals surface area (Å²) in [5, 5.41) is 15.0. The van der Waals surface area contributed by atoms with E-state index in [0.29, 0.717) is 11.2 Å². The molecule has 0 saturated heterocycles. The number of nitrogens with one attached hydrogen (secondary N) is 1. The van der Waals surface area contributed by atoms with Crippen LogP contribution < -0.4 is 0 Å². The number of aromatic nitrogens is 4. The van der Waals surface area contributed by atoms with Crippen molar-refractivity contribution in [3.8, 4) is 0 Å². The first-order valence-corrected chi connectivity index (χ1v) is 4.09. The SMILES string of the molecule is Cc1nc(Cl)nc2c(C(=O)O)[nH]nc12. The van der Waals surface area contributed by atoms with Gasteiger partial charge in [0.15, 0.2) is 5.69 Å². The monoisotopic (exact) mass is 212 g/mol. The molecule has 2 rings (SSSR count). The van der Waals surface area contributed by atoms with E-state index in [2.05, 4.69) is 20.2 Å². The fourth-order valence-electron chi connectivity index (χ4n) is 1.15. The number of halogens is 1. The van der Waals surface area contributed by atoms with Crippen LogP contribution in [0.2, 0.25) is 5.28 Å². The van der Waals surface area contributed by atoms with E-state index in [-0.39, 0.29) is 16.5 Å². The number of aromatic carboxylic acids is 1. The molecule has 0 aromatic carbocycles. The number of hydrogen-bond donors (Lipinski definition) is 2. The van der Waals surface area contributed by atoms with Crippen LogP contribution in [0.25, 0.3) is 11.0 Å². The lowest BCUT2D eigenvalue weighted by Crippen LogP contribution is -1.98. The zero-order chi connectivity index (χ0) is 10.3. The van der Waals surface area contributed by atoms with Crippen LogP contribution in [-0.2, 0) is 0 Å². The molecule has 0 aliphatic heterocycles. The molecule has 2 aromatic rings. The minimum atomic E-state index is -1.12. The third kappa shape index (κ3) is 1.20. The molecule has 0 aliphatic rings. The molecule has 0 aliphatic carbocycles. The van der Waals surface area contributed by atoms with Gasteiger partial charge in [-0.05, 0) is 18.5 Å². The fourth-order valence-corrected chi connectivity index (χ4v) is 1.37. The highest BCUT2D eigenvalue weighted by molar-refractivity contribution is 6.28. The number of carboxylic acids is 1. The van der Waals surface area contributed by atoms with Gasteiger partial charge in [-0.1, -0.05) is 0 Å². The zero-order valence-electron chi connectivity index (χ0n) is 7.08. The number of H-pyrrole nitrogens is 1. The van der Waals surface area contributed by atoms with Crippen molar-refractivity contribution < 1.29 is 9.90 Å². The maximum atomic E-state index is 10.7. The van der Waals surface area contributed by atoms with E-state index in [1.807, 2.05) is 0 Å². The van der Waals surface area contributed by atoms with E-state index in [0.717, 1.165) is 0 Å². The second-order valence-electron chi connectivity index (χ2n) is 2.68. The smallest absolute Gasteiger partial charge is 0.356 e. The van der Waals surface area contributed by atoms with Gasteiger partial charge in [-0.2, -0.15) is 5.10 Å². The third-order valence-electron chi connectivity index (χ3n) is 1.76. The van der Waals surface area contributed by atoms with Gasteiger partial charge < -0.3 is 5.11 Å². The fraction of sp³-hybridized carbons (Fsp3) is 0.143. The molecule has 6 nitrogen and oxygen atoms in total. The highest BCUT2D eigenvalue weighted by Gasteiger charge is 2.16. The quantitative estimate of drug-likeness (QED) is 0.689. The van der Waals surface area contributed by atoms with Crippen molar-refractivity contribution in [2.45, 2.75) is 6.92 Å². The Kier molecular flexibility index (Phi) is 1.85. The van der Waals surface area contributed by atoms with Gasteiger partial charge in [0, 0.05) is 0 Å². The van der Waals surface area contributed by atoms with Gasteiger partial charge in [0.2, 0.25) is 5.28 Å². The Morgan fingerprint density at radius 3 is 2.79 bits per heavy atom. The average Bonchev–Trinajstić information content (AvgIpc) is 2.47. The van der Waals surface area contributed by atoms with E-state index in [9.17, 15) is 4.79 Å². The van der Waals surface area contributed by atoms with E-state index in [1.165, 1.54) is 0 Å². The Labute approximate surface area is 82.9 Å². The molecule has 0 bridgehead atoms. The molecule has 2 aromatic heterocycles. The maximum Gasteiger partial charge on any atom is 0.356 e. The second-order valence-corrected chi connectivity index (χ2v) is 3.02. The number of nitrogens with zero attached hydrogens (tertiary/aromatic N) is 3. The number of aryl methyl sites for hydroxylation is 1. The number of fused-ring (bicyclic) bond motifs is 1. The summed E-state index contributed by atoms with van der Waals surface area (Å²) in [4.78, 5) is 18.4. The number of carbonyl (C=O) groups is 1. The van der Waals surface area contributed by atoms with Gasteiger partial charge in [0.05, 0.1) is 5.69 Å². The molecule has 7 heteroatoms. The standard InChI is InChI=1S/C7H5ClN4O2/c1-2-3-4(10-7(8)9-2)5(6(13)14)12-11-3/h1H3,(H,11,12)(H,13,14). The van der Waals surface area contributed by atoms with E-state index < -0.39 is 5.97 Å². The molecule has 0 saturated carbocycles. The summed E-state index contributed by atoms with van der Waals surface area (Å²) in [7, 11) is 0. The lowest BCUT2D eigenvalue weighted by atomic mass is 10.3. The summed E-state index contributed by atoms with van der Waals surface area (Å²) >= 11 is 5.60. The number of rotatable bonds is 1. The summed E-state index contributed by atoms with van der Waals surface area (Å²) in [5.41, 5.74) is 1.12. The molecule has 0 atom stereocenters. The maximum absolute atomic E-state index is 10.7. The molecule has 0 spiro atoms. The van der Waals surface area contributed by atoms with Gasteiger partial charge in [-0.3, -0.25) is 5.10 Å². The van der Waals surface area contributed by atoms with Crippen LogP contribution in [0, 0.1) is 6.92 Å². The van der Waals surface area contributed by atoms with Crippen LogP contribution in [0.15, 0.2) is 0 Å². The molecule has 2 N–H and O–H groups in total. The Hall–Kier alpha value is -1.69. The summed E-state index contributed by atoms with van der Waals surface area (Å²) in [6.07, 6.45) is 0. The summed E-state index contributed by atoms with van der Waals surface area (Å²) in [5.74, 6) is -1.12. The van der Waals surface area contributed by atoms with Crippen LogP contribution in [0.3, 0.4) is 0 Å². The van der Waals surface area contributed by atoms with Gasteiger partial charge in [-0.25, -0.2) is 14.8 Å². The molecule has 72 valence electrons. The third-order valence-corrected chi connectivity index (χ3v) is 1.93. The predicted octanol–water partition coefficient (Wildman–Crippen LogP) is 1.01. The molecule has 14 heavy (non-hydrogen) atoms. The van der Waals surface area contributed by atoms with Crippen LogP contribution in [-0.4, -0.2) is 31.2 Å². The zero-order valence-corrected chi connectivity index (χ0v) is 7.83. The molecular formula is C7H5ClN4O2. The number of carboxylic acid groups (broad SMARTS) is 1.